The van der Waals surface area contributed by atoms with Crippen LogP contribution in [0.3, 0.4) is 0 Å². The minimum atomic E-state index is 0.828. The summed E-state index contributed by atoms with van der Waals surface area (Å²) in [6.07, 6.45) is 3.21. The molecule has 1 aliphatic rings. The van der Waals surface area contributed by atoms with E-state index in [9.17, 15) is 0 Å². The highest BCUT2D eigenvalue weighted by molar-refractivity contribution is 7.20. The van der Waals surface area contributed by atoms with E-state index in [1.165, 1.54) is 57.7 Å². The van der Waals surface area contributed by atoms with Crippen molar-refractivity contribution >= 4 is 64.4 Å². The SMILES string of the molecule is c1cc2ccc3cc4c(ccc5cc(CCc6ccc7c(c6)CCO7)sc54)cc3c2s1. The van der Waals surface area contributed by atoms with Crippen molar-refractivity contribution in [1.29, 1.82) is 0 Å². The summed E-state index contributed by atoms with van der Waals surface area (Å²) in [7, 11) is 0. The third-order valence-electron chi connectivity index (χ3n) is 6.52. The van der Waals surface area contributed by atoms with Crippen molar-refractivity contribution in [2.24, 2.45) is 0 Å². The van der Waals surface area contributed by atoms with Gasteiger partial charge in [0, 0.05) is 31.5 Å². The molecule has 2 aromatic heterocycles. The zero-order valence-electron chi connectivity index (χ0n) is 17.0. The lowest BCUT2D eigenvalue weighted by Crippen LogP contribution is -1.90. The first-order valence-corrected chi connectivity index (χ1v) is 12.5. The van der Waals surface area contributed by atoms with E-state index in [-0.39, 0.29) is 0 Å². The standard InChI is InChI=1S/C28H20OS2/c1(17-2-8-26-21(13-17)9-11-29-26)7-23-14-22-6-5-20-15-24-19(16-25(20)28(22)31-23)4-3-18-10-12-30-27(18)24/h2-6,8,10,12-16H,1,7,9,11H2. The quantitative estimate of drug-likeness (QED) is 0.254. The molecule has 0 unspecified atom stereocenters. The van der Waals surface area contributed by atoms with Crippen LogP contribution in [0.5, 0.6) is 5.75 Å². The fourth-order valence-electron chi connectivity index (χ4n) is 4.91. The molecule has 3 heterocycles. The predicted octanol–water partition coefficient (Wildman–Crippen LogP) is 8.14. The number of hydrogen-bond donors (Lipinski definition) is 0. The molecule has 0 saturated heterocycles. The van der Waals surface area contributed by atoms with Gasteiger partial charge in [-0.1, -0.05) is 36.4 Å². The van der Waals surface area contributed by atoms with Crippen molar-refractivity contribution in [3.8, 4) is 5.75 Å². The minimum Gasteiger partial charge on any atom is -0.493 e. The third kappa shape index (κ3) is 2.88. The monoisotopic (exact) mass is 436 g/mol. The Balaban J connectivity index is 1.28. The molecule has 0 saturated carbocycles. The summed E-state index contributed by atoms with van der Waals surface area (Å²) in [6.45, 7) is 0.828. The average molecular weight is 437 g/mol. The van der Waals surface area contributed by atoms with Crippen LogP contribution in [0.4, 0.5) is 0 Å². The highest BCUT2D eigenvalue weighted by atomic mass is 32.1. The molecule has 150 valence electrons. The van der Waals surface area contributed by atoms with Gasteiger partial charge in [-0.05, 0) is 81.2 Å². The van der Waals surface area contributed by atoms with Crippen molar-refractivity contribution in [2.45, 2.75) is 19.3 Å². The molecule has 1 nitrogen and oxygen atoms in total. The van der Waals surface area contributed by atoms with Crippen molar-refractivity contribution in [3.63, 3.8) is 0 Å². The second kappa shape index (κ2) is 6.81. The Morgan fingerprint density at radius 3 is 2.42 bits per heavy atom. The Labute approximate surface area is 188 Å². The van der Waals surface area contributed by atoms with E-state index in [4.69, 9.17) is 4.74 Å². The van der Waals surface area contributed by atoms with E-state index >= 15 is 0 Å². The van der Waals surface area contributed by atoms with E-state index < -0.39 is 0 Å². The van der Waals surface area contributed by atoms with Crippen molar-refractivity contribution < 1.29 is 4.74 Å². The van der Waals surface area contributed by atoms with Gasteiger partial charge in [-0.15, -0.1) is 22.7 Å². The molecule has 6 aromatic rings. The van der Waals surface area contributed by atoms with E-state index in [0.717, 1.165) is 31.6 Å². The van der Waals surface area contributed by atoms with E-state index in [1.54, 1.807) is 0 Å². The summed E-state index contributed by atoms with van der Waals surface area (Å²) in [4.78, 5) is 1.47. The molecule has 0 bridgehead atoms. The zero-order valence-corrected chi connectivity index (χ0v) is 18.6. The Kier molecular flexibility index (Phi) is 3.90. The maximum atomic E-state index is 5.65. The molecular weight excluding hydrogens is 416 g/mol. The molecule has 0 amide bonds. The second-order valence-electron chi connectivity index (χ2n) is 8.44. The van der Waals surface area contributed by atoms with E-state index in [2.05, 4.69) is 72.1 Å². The van der Waals surface area contributed by atoms with Gasteiger partial charge in [0.2, 0.25) is 0 Å². The Bertz CT molecular complexity index is 1620. The van der Waals surface area contributed by atoms with Crippen LogP contribution in [-0.2, 0) is 19.3 Å². The lowest BCUT2D eigenvalue weighted by molar-refractivity contribution is 0.357. The van der Waals surface area contributed by atoms with Crippen LogP contribution in [0, 0.1) is 0 Å². The molecule has 31 heavy (non-hydrogen) atoms. The van der Waals surface area contributed by atoms with Gasteiger partial charge in [-0.2, -0.15) is 0 Å². The number of fused-ring (bicyclic) bond motifs is 7. The van der Waals surface area contributed by atoms with Crippen molar-refractivity contribution in [3.05, 3.63) is 88.1 Å². The number of thiophene rings is 2. The lowest BCUT2D eigenvalue weighted by Gasteiger charge is -2.05. The number of hydrogen-bond acceptors (Lipinski definition) is 3. The third-order valence-corrected chi connectivity index (χ3v) is 8.72. The molecule has 0 aliphatic carbocycles. The first-order chi connectivity index (χ1) is 15.3. The maximum Gasteiger partial charge on any atom is 0.122 e. The highest BCUT2D eigenvalue weighted by Gasteiger charge is 2.13. The molecular formula is C28H20OS2. The predicted molar refractivity (Wildman–Crippen MR) is 135 cm³/mol. The van der Waals surface area contributed by atoms with Crippen LogP contribution < -0.4 is 4.74 Å². The molecule has 0 spiro atoms. The van der Waals surface area contributed by atoms with Gasteiger partial charge in [0.1, 0.15) is 5.75 Å². The van der Waals surface area contributed by atoms with Crippen LogP contribution in [0.1, 0.15) is 16.0 Å². The Hall–Kier alpha value is -2.88. The number of aryl methyl sites for hydroxylation is 2. The van der Waals surface area contributed by atoms with Gasteiger partial charge in [-0.25, -0.2) is 0 Å². The van der Waals surface area contributed by atoms with Gasteiger partial charge in [0.15, 0.2) is 0 Å². The van der Waals surface area contributed by atoms with Crippen molar-refractivity contribution in [2.75, 3.05) is 6.61 Å². The Morgan fingerprint density at radius 1 is 0.710 bits per heavy atom. The van der Waals surface area contributed by atoms with Crippen LogP contribution in [0.15, 0.2) is 72.1 Å². The molecule has 7 rings (SSSR count). The summed E-state index contributed by atoms with van der Waals surface area (Å²) in [5.74, 6) is 1.07. The first-order valence-electron chi connectivity index (χ1n) is 10.8. The smallest absolute Gasteiger partial charge is 0.122 e. The molecule has 0 radical (unpaired) electrons. The van der Waals surface area contributed by atoms with Gasteiger partial charge in [-0.3, -0.25) is 0 Å². The Morgan fingerprint density at radius 2 is 1.52 bits per heavy atom. The van der Waals surface area contributed by atoms with Crippen molar-refractivity contribution in [1.82, 2.24) is 0 Å². The van der Waals surface area contributed by atoms with E-state index in [1.807, 2.05) is 22.7 Å². The second-order valence-corrected chi connectivity index (χ2v) is 10.5. The first kappa shape index (κ1) is 17.8. The zero-order chi connectivity index (χ0) is 20.4. The van der Waals surface area contributed by atoms with Crippen LogP contribution in [0.2, 0.25) is 0 Å². The number of rotatable bonds is 3. The summed E-state index contributed by atoms with van der Waals surface area (Å²) in [6, 6.07) is 25.2. The van der Waals surface area contributed by atoms with Crippen LogP contribution in [0.25, 0.3) is 41.7 Å². The fraction of sp³-hybridized carbons (Fsp3) is 0.143. The molecule has 3 heteroatoms. The molecule has 0 atom stereocenters. The van der Waals surface area contributed by atoms with Crippen LogP contribution in [-0.4, -0.2) is 6.61 Å². The normalized spacial score (nSPS) is 13.4. The highest BCUT2D eigenvalue weighted by Crippen LogP contribution is 2.38. The average Bonchev–Trinajstić information content (AvgIpc) is 3.54. The van der Waals surface area contributed by atoms with E-state index in [0.29, 0.717) is 0 Å². The summed E-state index contributed by atoms with van der Waals surface area (Å²) >= 11 is 3.80. The van der Waals surface area contributed by atoms with Gasteiger partial charge in [0.25, 0.3) is 0 Å². The molecule has 0 N–H and O–H groups in total. The van der Waals surface area contributed by atoms with Gasteiger partial charge in [0.05, 0.1) is 6.61 Å². The fourth-order valence-corrected chi connectivity index (χ4v) is 7.02. The van der Waals surface area contributed by atoms with Gasteiger partial charge < -0.3 is 4.74 Å². The summed E-state index contributed by atoms with van der Waals surface area (Å²) in [5, 5.41) is 10.3. The number of benzene rings is 4. The molecule has 0 fully saturated rings. The minimum absolute atomic E-state index is 0.828. The number of ether oxygens (including phenoxy) is 1. The molecule has 4 aromatic carbocycles. The largest absolute Gasteiger partial charge is 0.493 e. The summed E-state index contributed by atoms with van der Waals surface area (Å²) in [5.41, 5.74) is 2.78. The topological polar surface area (TPSA) is 9.23 Å². The lowest BCUT2D eigenvalue weighted by atomic mass is 10.0. The van der Waals surface area contributed by atoms with Gasteiger partial charge >= 0.3 is 0 Å². The van der Waals surface area contributed by atoms with Crippen LogP contribution >= 0.6 is 22.7 Å². The maximum absolute atomic E-state index is 5.65. The summed E-state index contributed by atoms with van der Waals surface area (Å²) < 4.78 is 8.46. The molecule has 1 aliphatic heterocycles.